The Bertz CT molecular complexity index is 265. The number of Topliss-reactive ketones (excluding diaryl/α,β-unsaturated/α-hetero) is 1. The van der Waals surface area contributed by atoms with Crippen LogP contribution >= 0.6 is 0 Å². The highest BCUT2D eigenvalue weighted by molar-refractivity contribution is 5.95. The van der Waals surface area contributed by atoms with Crippen LogP contribution in [0.15, 0.2) is 12.4 Å². The van der Waals surface area contributed by atoms with E-state index < -0.39 is 0 Å². The molecule has 0 fully saturated rings. The van der Waals surface area contributed by atoms with Crippen LogP contribution < -0.4 is 0 Å². The number of unbranched alkanes of at least 4 members (excludes halogenated alkanes) is 1. The summed E-state index contributed by atoms with van der Waals surface area (Å²) in [6.45, 7) is 2.08. The first-order valence-electron chi connectivity index (χ1n) is 4.26. The van der Waals surface area contributed by atoms with Crippen molar-refractivity contribution >= 4 is 5.78 Å². The van der Waals surface area contributed by atoms with E-state index in [1.54, 1.807) is 17.1 Å². The molecule has 1 aromatic heterocycles. The summed E-state index contributed by atoms with van der Waals surface area (Å²) in [6, 6.07) is 0. The van der Waals surface area contributed by atoms with Crippen molar-refractivity contribution in [3.05, 3.63) is 18.0 Å². The molecule has 0 aliphatic rings. The fourth-order valence-corrected chi connectivity index (χ4v) is 1.05. The quantitative estimate of drug-likeness (QED) is 0.639. The van der Waals surface area contributed by atoms with Crippen molar-refractivity contribution in [3.63, 3.8) is 0 Å². The van der Waals surface area contributed by atoms with Gasteiger partial charge in [-0.25, -0.2) is 0 Å². The summed E-state index contributed by atoms with van der Waals surface area (Å²) in [5, 5.41) is 3.94. The molecule has 0 radical (unpaired) electrons. The van der Waals surface area contributed by atoms with E-state index in [2.05, 4.69) is 12.0 Å². The zero-order chi connectivity index (χ0) is 8.97. The van der Waals surface area contributed by atoms with Gasteiger partial charge in [-0.2, -0.15) is 5.10 Å². The van der Waals surface area contributed by atoms with Gasteiger partial charge in [0.1, 0.15) is 0 Å². The smallest absolute Gasteiger partial charge is 0.166 e. The first kappa shape index (κ1) is 8.97. The van der Waals surface area contributed by atoms with Crippen molar-refractivity contribution < 1.29 is 4.79 Å². The van der Waals surface area contributed by atoms with Gasteiger partial charge >= 0.3 is 0 Å². The van der Waals surface area contributed by atoms with Crippen molar-refractivity contribution in [2.24, 2.45) is 7.05 Å². The third-order valence-corrected chi connectivity index (χ3v) is 1.78. The van der Waals surface area contributed by atoms with E-state index in [9.17, 15) is 4.79 Å². The molecule has 0 unspecified atom stereocenters. The molecular formula is C9H14N2O. The number of carbonyl (C=O) groups excluding carboxylic acids is 1. The summed E-state index contributed by atoms with van der Waals surface area (Å²) in [4.78, 5) is 11.4. The largest absolute Gasteiger partial charge is 0.294 e. The maximum atomic E-state index is 11.4. The molecule has 66 valence electrons. The number of rotatable bonds is 4. The molecule has 0 aliphatic heterocycles. The molecule has 0 atom stereocenters. The summed E-state index contributed by atoms with van der Waals surface area (Å²) in [5.41, 5.74) is 0.728. The molecule has 0 bridgehead atoms. The van der Waals surface area contributed by atoms with Crippen LogP contribution in [0.2, 0.25) is 0 Å². The SMILES string of the molecule is CCCCC(=O)c1cnn(C)c1. The van der Waals surface area contributed by atoms with Crippen LogP contribution in [0.1, 0.15) is 36.5 Å². The molecule has 1 aromatic rings. The monoisotopic (exact) mass is 166 g/mol. The Morgan fingerprint density at radius 3 is 2.92 bits per heavy atom. The first-order chi connectivity index (χ1) is 5.74. The fourth-order valence-electron chi connectivity index (χ4n) is 1.05. The van der Waals surface area contributed by atoms with Gasteiger partial charge in [0.05, 0.1) is 11.8 Å². The second-order valence-electron chi connectivity index (χ2n) is 2.93. The van der Waals surface area contributed by atoms with Gasteiger partial charge in [-0.05, 0) is 6.42 Å². The number of aryl methyl sites for hydroxylation is 1. The minimum atomic E-state index is 0.199. The van der Waals surface area contributed by atoms with E-state index in [-0.39, 0.29) is 5.78 Å². The lowest BCUT2D eigenvalue weighted by molar-refractivity contribution is 0.0979. The summed E-state index contributed by atoms with van der Waals surface area (Å²) in [6.07, 6.45) is 6.05. The molecule has 0 amide bonds. The Labute approximate surface area is 72.4 Å². The number of nitrogens with zero attached hydrogens (tertiary/aromatic N) is 2. The van der Waals surface area contributed by atoms with Crippen molar-refractivity contribution in [2.75, 3.05) is 0 Å². The molecule has 0 aliphatic carbocycles. The van der Waals surface area contributed by atoms with E-state index in [0.717, 1.165) is 18.4 Å². The molecule has 0 N–H and O–H groups in total. The molecule has 0 saturated heterocycles. The summed E-state index contributed by atoms with van der Waals surface area (Å²) in [7, 11) is 1.82. The molecule has 12 heavy (non-hydrogen) atoms. The Hall–Kier alpha value is -1.12. The zero-order valence-electron chi connectivity index (χ0n) is 7.58. The Kier molecular flexibility index (Phi) is 3.02. The first-order valence-corrected chi connectivity index (χ1v) is 4.26. The van der Waals surface area contributed by atoms with E-state index >= 15 is 0 Å². The normalized spacial score (nSPS) is 10.2. The zero-order valence-corrected chi connectivity index (χ0v) is 7.58. The molecule has 1 heterocycles. The second kappa shape index (κ2) is 4.04. The van der Waals surface area contributed by atoms with Gasteiger partial charge in [-0.15, -0.1) is 0 Å². The highest BCUT2D eigenvalue weighted by atomic mass is 16.1. The number of aromatic nitrogens is 2. The molecule has 3 nitrogen and oxygen atoms in total. The van der Waals surface area contributed by atoms with Gasteiger partial charge in [0.2, 0.25) is 0 Å². The average Bonchev–Trinajstić information content (AvgIpc) is 2.47. The maximum Gasteiger partial charge on any atom is 0.166 e. The van der Waals surface area contributed by atoms with Gasteiger partial charge in [0.25, 0.3) is 0 Å². The maximum absolute atomic E-state index is 11.4. The molecular weight excluding hydrogens is 152 g/mol. The van der Waals surface area contributed by atoms with Crippen molar-refractivity contribution in [2.45, 2.75) is 26.2 Å². The highest BCUT2D eigenvalue weighted by Gasteiger charge is 2.05. The van der Waals surface area contributed by atoms with Crippen LogP contribution in [-0.4, -0.2) is 15.6 Å². The van der Waals surface area contributed by atoms with Crippen LogP contribution in [0.5, 0.6) is 0 Å². The van der Waals surface area contributed by atoms with Crippen molar-refractivity contribution in [1.82, 2.24) is 9.78 Å². The average molecular weight is 166 g/mol. The van der Waals surface area contributed by atoms with E-state index in [1.165, 1.54) is 0 Å². The van der Waals surface area contributed by atoms with Gasteiger partial charge in [-0.3, -0.25) is 9.48 Å². The molecule has 3 heteroatoms. The number of hydrogen-bond acceptors (Lipinski definition) is 2. The van der Waals surface area contributed by atoms with Gasteiger partial charge in [-0.1, -0.05) is 13.3 Å². The highest BCUT2D eigenvalue weighted by Crippen LogP contribution is 2.04. The van der Waals surface area contributed by atoms with Gasteiger partial charge in [0, 0.05) is 19.7 Å². The summed E-state index contributed by atoms with van der Waals surface area (Å²) in [5.74, 6) is 0.199. The Morgan fingerprint density at radius 1 is 1.67 bits per heavy atom. The van der Waals surface area contributed by atoms with Gasteiger partial charge in [0.15, 0.2) is 5.78 Å². The summed E-state index contributed by atoms with van der Waals surface area (Å²) >= 11 is 0. The lowest BCUT2D eigenvalue weighted by atomic mass is 10.1. The standard InChI is InChI=1S/C9H14N2O/c1-3-4-5-9(12)8-6-10-11(2)7-8/h6-7H,3-5H2,1-2H3. The van der Waals surface area contributed by atoms with Crippen LogP contribution in [0, 0.1) is 0 Å². The molecule has 0 saturated carbocycles. The van der Waals surface area contributed by atoms with Crippen LogP contribution in [0.3, 0.4) is 0 Å². The Morgan fingerprint density at radius 2 is 2.42 bits per heavy atom. The van der Waals surface area contributed by atoms with Crippen LogP contribution in [0.4, 0.5) is 0 Å². The topological polar surface area (TPSA) is 34.9 Å². The van der Waals surface area contributed by atoms with E-state index in [4.69, 9.17) is 0 Å². The number of hydrogen-bond donors (Lipinski definition) is 0. The number of ketones is 1. The van der Waals surface area contributed by atoms with Crippen LogP contribution in [-0.2, 0) is 7.05 Å². The van der Waals surface area contributed by atoms with Crippen LogP contribution in [0.25, 0.3) is 0 Å². The molecule has 0 aromatic carbocycles. The van der Waals surface area contributed by atoms with Crippen molar-refractivity contribution in [3.8, 4) is 0 Å². The van der Waals surface area contributed by atoms with Gasteiger partial charge < -0.3 is 0 Å². The lowest BCUT2D eigenvalue weighted by Gasteiger charge is -1.93. The lowest BCUT2D eigenvalue weighted by Crippen LogP contribution is -1.96. The molecule has 1 rings (SSSR count). The Balaban J connectivity index is 2.53. The number of carbonyl (C=O) groups is 1. The fraction of sp³-hybridized carbons (Fsp3) is 0.556. The van der Waals surface area contributed by atoms with E-state index in [1.807, 2.05) is 7.05 Å². The second-order valence-corrected chi connectivity index (χ2v) is 2.93. The van der Waals surface area contributed by atoms with Crippen molar-refractivity contribution in [1.29, 1.82) is 0 Å². The molecule has 0 spiro atoms. The predicted octanol–water partition coefficient (Wildman–Crippen LogP) is 1.79. The summed E-state index contributed by atoms with van der Waals surface area (Å²) < 4.78 is 1.65. The third-order valence-electron chi connectivity index (χ3n) is 1.78. The minimum Gasteiger partial charge on any atom is -0.294 e. The minimum absolute atomic E-state index is 0.199. The predicted molar refractivity (Wildman–Crippen MR) is 47.1 cm³/mol. The third kappa shape index (κ3) is 2.19. The van der Waals surface area contributed by atoms with E-state index in [0.29, 0.717) is 6.42 Å².